The van der Waals surface area contributed by atoms with Gasteiger partial charge in [0.15, 0.2) is 24.1 Å². The lowest BCUT2D eigenvalue weighted by atomic mass is 10.2. The third kappa shape index (κ3) is 7.38. The van der Waals surface area contributed by atoms with Crippen molar-refractivity contribution in [1.82, 2.24) is 10.6 Å². The number of nitrogens with one attached hydrogen (secondary N) is 2. The molecule has 2 aromatic rings. The van der Waals surface area contributed by atoms with Crippen LogP contribution in [0.5, 0.6) is 11.5 Å². The summed E-state index contributed by atoms with van der Waals surface area (Å²) in [4.78, 5) is 4.51. The second-order valence-electron chi connectivity index (χ2n) is 5.92. The molecule has 0 radical (unpaired) electrons. The number of alkyl halides is 3. The molecular formula is C20H24F3N3O2. The molecule has 0 aliphatic rings. The SMILES string of the molecule is CCNC(=NCc1ccc(OCC(F)(F)F)c(OC)c1)NCc1ccccc1. The Hall–Kier alpha value is -2.90. The van der Waals surface area contributed by atoms with E-state index < -0.39 is 12.8 Å². The second kappa shape index (κ2) is 10.4. The van der Waals surface area contributed by atoms with Crippen molar-refractivity contribution in [3.63, 3.8) is 0 Å². The molecule has 0 atom stereocenters. The fraction of sp³-hybridized carbons (Fsp3) is 0.350. The molecule has 2 N–H and O–H groups in total. The van der Waals surface area contributed by atoms with Gasteiger partial charge in [0, 0.05) is 13.1 Å². The number of benzene rings is 2. The smallest absolute Gasteiger partial charge is 0.422 e. The Kier molecular flexibility index (Phi) is 7.98. The Balaban J connectivity index is 2.02. The molecule has 0 saturated heterocycles. The third-order valence-electron chi connectivity index (χ3n) is 3.69. The maximum absolute atomic E-state index is 12.3. The van der Waals surface area contributed by atoms with Crippen LogP contribution in [-0.2, 0) is 13.1 Å². The van der Waals surface area contributed by atoms with Gasteiger partial charge in [0.2, 0.25) is 0 Å². The van der Waals surface area contributed by atoms with Crippen molar-refractivity contribution in [2.75, 3.05) is 20.3 Å². The number of aliphatic imine (C=N–C) groups is 1. The predicted octanol–water partition coefficient (Wildman–Crippen LogP) is 3.89. The van der Waals surface area contributed by atoms with Gasteiger partial charge >= 0.3 is 6.18 Å². The molecule has 0 unspecified atom stereocenters. The van der Waals surface area contributed by atoms with E-state index in [-0.39, 0.29) is 11.5 Å². The summed E-state index contributed by atoms with van der Waals surface area (Å²) in [5.74, 6) is 0.920. The Labute approximate surface area is 162 Å². The summed E-state index contributed by atoms with van der Waals surface area (Å²) in [7, 11) is 1.38. The summed E-state index contributed by atoms with van der Waals surface area (Å²) >= 11 is 0. The summed E-state index contributed by atoms with van der Waals surface area (Å²) < 4.78 is 46.9. The first kappa shape index (κ1) is 21.4. The van der Waals surface area contributed by atoms with E-state index in [2.05, 4.69) is 15.6 Å². The van der Waals surface area contributed by atoms with Gasteiger partial charge in [0.05, 0.1) is 13.7 Å². The van der Waals surface area contributed by atoms with Crippen LogP contribution < -0.4 is 20.1 Å². The number of methoxy groups -OCH3 is 1. The standard InChI is InChI=1S/C20H24F3N3O2/c1-3-24-19(25-12-15-7-5-4-6-8-15)26-13-16-9-10-17(18(11-16)27-2)28-14-20(21,22)23/h4-11H,3,12-14H2,1-2H3,(H2,24,25,26). The van der Waals surface area contributed by atoms with Crippen LogP contribution in [0.1, 0.15) is 18.1 Å². The summed E-state index contributed by atoms with van der Waals surface area (Å²) in [5.41, 5.74) is 1.91. The van der Waals surface area contributed by atoms with Crippen LogP contribution in [0.15, 0.2) is 53.5 Å². The van der Waals surface area contributed by atoms with E-state index in [4.69, 9.17) is 9.47 Å². The Bertz CT molecular complexity index is 765. The first-order chi connectivity index (χ1) is 13.4. The van der Waals surface area contributed by atoms with E-state index in [1.807, 2.05) is 37.3 Å². The molecular weight excluding hydrogens is 371 g/mol. The quantitative estimate of drug-likeness (QED) is 0.526. The van der Waals surface area contributed by atoms with Gasteiger partial charge in [0.25, 0.3) is 0 Å². The molecule has 0 aliphatic heterocycles. The number of ether oxygens (including phenoxy) is 2. The lowest BCUT2D eigenvalue weighted by Crippen LogP contribution is -2.36. The normalized spacial score (nSPS) is 11.8. The largest absolute Gasteiger partial charge is 0.493 e. The molecule has 0 bridgehead atoms. The molecule has 0 heterocycles. The summed E-state index contributed by atoms with van der Waals surface area (Å²) in [6, 6.07) is 14.7. The van der Waals surface area contributed by atoms with Crippen molar-refractivity contribution >= 4 is 5.96 Å². The number of hydrogen-bond donors (Lipinski definition) is 2. The van der Waals surface area contributed by atoms with E-state index in [0.29, 0.717) is 25.6 Å². The van der Waals surface area contributed by atoms with E-state index in [0.717, 1.165) is 11.1 Å². The van der Waals surface area contributed by atoms with Gasteiger partial charge < -0.3 is 20.1 Å². The Morgan fingerprint density at radius 3 is 2.39 bits per heavy atom. The van der Waals surface area contributed by atoms with E-state index in [1.165, 1.54) is 13.2 Å². The Morgan fingerprint density at radius 2 is 1.75 bits per heavy atom. The van der Waals surface area contributed by atoms with E-state index in [1.54, 1.807) is 12.1 Å². The highest BCUT2D eigenvalue weighted by Gasteiger charge is 2.29. The second-order valence-corrected chi connectivity index (χ2v) is 5.92. The van der Waals surface area contributed by atoms with Gasteiger partial charge in [-0.3, -0.25) is 0 Å². The lowest BCUT2D eigenvalue weighted by Gasteiger charge is -2.14. The minimum absolute atomic E-state index is 0.0432. The molecule has 2 rings (SSSR count). The molecule has 5 nitrogen and oxygen atoms in total. The van der Waals surface area contributed by atoms with Gasteiger partial charge in [0.1, 0.15) is 0 Å². The molecule has 152 valence electrons. The van der Waals surface area contributed by atoms with Crippen LogP contribution in [0.25, 0.3) is 0 Å². The minimum atomic E-state index is -4.40. The highest BCUT2D eigenvalue weighted by molar-refractivity contribution is 5.79. The zero-order valence-corrected chi connectivity index (χ0v) is 15.8. The first-order valence-electron chi connectivity index (χ1n) is 8.84. The highest BCUT2D eigenvalue weighted by Crippen LogP contribution is 2.30. The molecule has 0 spiro atoms. The number of hydrogen-bond acceptors (Lipinski definition) is 3. The lowest BCUT2D eigenvalue weighted by molar-refractivity contribution is -0.153. The van der Waals surface area contributed by atoms with Gasteiger partial charge in [-0.15, -0.1) is 0 Å². The molecule has 0 amide bonds. The summed E-state index contributed by atoms with van der Waals surface area (Å²) in [6.07, 6.45) is -4.40. The van der Waals surface area contributed by atoms with Crippen molar-refractivity contribution in [1.29, 1.82) is 0 Å². The van der Waals surface area contributed by atoms with Gasteiger partial charge in [-0.2, -0.15) is 13.2 Å². The van der Waals surface area contributed by atoms with Crippen molar-refractivity contribution in [3.05, 3.63) is 59.7 Å². The molecule has 0 saturated carbocycles. The van der Waals surface area contributed by atoms with Crippen LogP contribution in [0.2, 0.25) is 0 Å². The maximum atomic E-state index is 12.3. The van der Waals surface area contributed by atoms with E-state index in [9.17, 15) is 13.2 Å². The third-order valence-corrected chi connectivity index (χ3v) is 3.69. The van der Waals surface area contributed by atoms with Crippen LogP contribution in [0, 0.1) is 0 Å². The van der Waals surface area contributed by atoms with Crippen molar-refractivity contribution in [2.45, 2.75) is 26.2 Å². The van der Waals surface area contributed by atoms with E-state index >= 15 is 0 Å². The zero-order valence-electron chi connectivity index (χ0n) is 15.8. The molecule has 28 heavy (non-hydrogen) atoms. The molecule has 0 aromatic heterocycles. The topological polar surface area (TPSA) is 54.9 Å². The molecule has 0 aliphatic carbocycles. The van der Waals surface area contributed by atoms with Crippen LogP contribution in [-0.4, -0.2) is 32.4 Å². The zero-order chi connectivity index (χ0) is 20.4. The van der Waals surface area contributed by atoms with Crippen LogP contribution in [0.4, 0.5) is 13.2 Å². The fourth-order valence-electron chi connectivity index (χ4n) is 2.38. The summed E-state index contributed by atoms with van der Waals surface area (Å²) in [5, 5.41) is 6.40. The van der Waals surface area contributed by atoms with Crippen LogP contribution >= 0.6 is 0 Å². The van der Waals surface area contributed by atoms with Gasteiger partial charge in [-0.05, 0) is 30.2 Å². The minimum Gasteiger partial charge on any atom is -0.493 e. The molecule has 0 fully saturated rings. The van der Waals surface area contributed by atoms with Crippen molar-refractivity contribution in [3.8, 4) is 11.5 Å². The fourth-order valence-corrected chi connectivity index (χ4v) is 2.38. The Morgan fingerprint density at radius 1 is 1.00 bits per heavy atom. The van der Waals surface area contributed by atoms with Crippen LogP contribution in [0.3, 0.4) is 0 Å². The molecule has 8 heteroatoms. The van der Waals surface area contributed by atoms with Crippen molar-refractivity contribution in [2.24, 2.45) is 4.99 Å². The van der Waals surface area contributed by atoms with Gasteiger partial charge in [-0.1, -0.05) is 36.4 Å². The molecule has 2 aromatic carbocycles. The average Bonchev–Trinajstić information content (AvgIpc) is 2.69. The number of nitrogens with zero attached hydrogens (tertiary/aromatic N) is 1. The monoisotopic (exact) mass is 395 g/mol. The van der Waals surface area contributed by atoms with Gasteiger partial charge in [-0.25, -0.2) is 4.99 Å². The highest BCUT2D eigenvalue weighted by atomic mass is 19.4. The van der Waals surface area contributed by atoms with Crippen molar-refractivity contribution < 1.29 is 22.6 Å². The predicted molar refractivity (Wildman–Crippen MR) is 103 cm³/mol. The first-order valence-corrected chi connectivity index (χ1v) is 8.84. The number of halogens is 3. The number of rotatable bonds is 8. The maximum Gasteiger partial charge on any atom is 0.422 e. The summed E-state index contributed by atoms with van der Waals surface area (Å²) in [6.45, 7) is 2.26. The number of guanidine groups is 1. The average molecular weight is 395 g/mol.